The number of hydrazone groups is 1. The molecule has 7 N–H and O–H groups in total. The van der Waals surface area contributed by atoms with Crippen molar-refractivity contribution in [3.05, 3.63) is 47.0 Å². The molecule has 0 aromatic heterocycles. The SMILES string of the molecule is CC1=[NH+]N(c2cccc(S(=O)(=O)O[NH3+])c2)C(=O)C1=[N+]=Nc1cc(Cl)c(C)cc1S(=O)(=O)O[NH3+]. The van der Waals surface area contributed by atoms with Gasteiger partial charge in [0.15, 0.2) is 5.69 Å². The summed E-state index contributed by atoms with van der Waals surface area (Å²) in [6.07, 6.45) is 0. The quantitative estimate of drug-likeness (QED) is 0.215. The zero-order valence-electron chi connectivity index (χ0n) is 17.3. The fraction of sp³-hybridized carbons (Fsp3) is 0.118. The van der Waals surface area contributed by atoms with E-state index in [2.05, 4.69) is 35.4 Å². The van der Waals surface area contributed by atoms with Crippen molar-refractivity contribution >= 4 is 60.5 Å². The van der Waals surface area contributed by atoms with Gasteiger partial charge in [-0.3, -0.25) is 4.79 Å². The average molecular weight is 519 g/mol. The molecule has 1 heterocycles. The summed E-state index contributed by atoms with van der Waals surface area (Å²) in [5, 5.41) is 7.92. The van der Waals surface area contributed by atoms with Gasteiger partial charge in [-0.1, -0.05) is 31.2 Å². The first kappa shape index (κ1) is 24.6. The molecule has 2 aromatic carbocycles. The number of amides is 1. The second kappa shape index (κ2) is 9.09. The Labute approximate surface area is 193 Å². The molecule has 1 aliphatic rings. The Morgan fingerprint density at radius 3 is 2.36 bits per heavy atom. The van der Waals surface area contributed by atoms with E-state index in [0.717, 1.165) is 5.01 Å². The lowest BCUT2D eigenvalue weighted by atomic mass is 10.2. The van der Waals surface area contributed by atoms with Gasteiger partial charge < -0.3 is 0 Å². The Hall–Kier alpha value is -3.01. The van der Waals surface area contributed by atoms with Gasteiger partial charge in [0.2, 0.25) is 0 Å². The molecule has 13 nitrogen and oxygen atoms in total. The van der Waals surface area contributed by atoms with Crippen molar-refractivity contribution in [2.24, 2.45) is 5.11 Å². The molecule has 0 bridgehead atoms. The number of rotatable bonds is 6. The molecule has 1 aliphatic heterocycles. The lowest BCUT2D eigenvalue weighted by Crippen LogP contribution is -2.81. The number of carbonyl (C=O) groups is 1. The van der Waals surface area contributed by atoms with Crippen LogP contribution in [0.3, 0.4) is 0 Å². The standard InChI is InChI=1S/C17H18ClN6O7S2/c1-9-6-15(33(28,29)31-20)14(8-13(9)18)21-22-16-10(2)23-24(17(16)25)11-4-3-5-12(7-11)32(26,27)30-19/h3-8H,1-2,19-20H3/q+3/p+1. The Bertz CT molecular complexity index is 1460. The van der Waals surface area contributed by atoms with E-state index >= 15 is 0 Å². The third-order valence-electron chi connectivity index (χ3n) is 4.48. The predicted octanol–water partition coefficient (Wildman–Crippen LogP) is -2.39. The molecule has 33 heavy (non-hydrogen) atoms. The van der Waals surface area contributed by atoms with Crippen LogP contribution < -0.4 is 21.9 Å². The number of carbonyl (C=O) groups excluding carboxylic acids is 1. The smallest absolute Gasteiger partial charge is 0.254 e. The zero-order chi connectivity index (χ0) is 24.6. The molecule has 0 fully saturated rings. The number of hydrogen-bond acceptors (Lipinski definition) is 8. The number of hydrogen-bond donors (Lipinski definition) is 3. The predicted molar refractivity (Wildman–Crippen MR) is 111 cm³/mol. The summed E-state index contributed by atoms with van der Waals surface area (Å²) < 4.78 is 56.7. The molecule has 0 spiro atoms. The van der Waals surface area contributed by atoms with Gasteiger partial charge in [-0.2, -0.15) is 28.6 Å². The lowest BCUT2D eigenvalue weighted by molar-refractivity contribution is -0.635. The molecule has 0 saturated heterocycles. The summed E-state index contributed by atoms with van der Waals surface area (Å²) in [4.78, 5) is 16.3. The molecule has 0 radical (unpaired) electrons. The van der Waals surface area contributed by atoms with Gasteiger partial charge in [-0.15, -0.1) is 5.10 Å². The second-order valence-corrected chi connectivity index (χ2v) is 10.2. The fourth-order valence-electron chi connectivity index (χ4n) is 2.77. The van der Waals surface area contributed by atoms with Crippen LogP contribution >= 0.6 is 11.6 Å². The van der Waals surface area contributed by atoms with E-state index < -0.39 is 26.1 Å². The van der Waals surface area contributed by atoms with Crippen LogP contribution in [0.25, 0.3) is 0 Å². The minimum absolute atomic E-state index is 0.146. The minimum atomic E-state index is -4.24. The number of quaternary nitrogens is 2. The maximum absolute atomic E-state index is 12.9. The van der Waals surface area contributed by atoms with Crippen molar-refractivity contribution in [3.63, 3.8) is 0 Å². The molecule has 0 saturated carbocycles. The number of halogens is 1. The van der Waals surface area contributed by atoms with E-state index in [1.54, 1.807) is 6.92 Å². The van der Waals surface area contributed by atoms with E-state index in [-0.39, 0.29) is 37.6 Å². The van der Waals surface area contributed by atoms with Crippen LogP contribution in [0.1, 0.15) is 12.5 Å². The van der Waals surface area contributed by atoms with E-state index in [0.29, 0.717) is 5.56 Å². The highest BCUT2D eigenvalue weighted by Gasteiger charge is 2.47. The Morgan fingerprint density at radius 2 is 1.73 bits per heavy atom. The molecule has 16 heteroatoms. The van der Waals surface area contributed by atoms with Gasteiger partial charge in [0.25, 0.3) is 0 Å². The van der Waals surface area contributed by atoms with Crippen LogP contribution in [0.2, 0.25) is 5.02 Å². The molecule has 0 aliphatic carbocycles. The van der Waals surface area contributed by atoms with Gasteiger partial charge in [0.05, 0.1) is 4.79 Å². The highest BCUT2D eigenvalue weighted by molar-refractivity contribution is 7.87. The molecule has 2 aromatic rings. The first-order valence-electron chi connectivity index (χ1n) is 8.92. The molecule has 0 unspecified atom stereocenters. The number of nitrogens with zero attached hydrogens (tertiary/aromatic N) is 3. The fourth-order valence-corrected chi connectivity index (χ4v) is 4.38. The van der Waals surface area contributed by atoms with Crippen molar-refractivity contribution < 1.29 is 51.9 Å². The van der Waals surface area contributed by atoms with Gasteiger partial charge in [-0.05, 0) is 42.8 Å². The summed E-state index contributed by atoms with van der Waals surface area (Å²) in [7, 11) is -8.33. The largest absolute Gasteiger partial charge is 0.502 e. The highest BCUT2D eigenvalue weighted by Crippen LogP contribution is 2.31. The van der Waals surface area contributed by atoms with E-state index in [1.165, 1.54) is 43.3 Å². The van der Waals surface area contributed by atoms with Crippen molar-refractivity contribution in [1.29, 1.82) is 0 Å². The lowest BCUT2D eigenvalue weighted by Gasteiger charge is -2.05. The maximum atomic E-state index is 12.9. The summed E-state index contributed by atoms with van der Waals surface area (Å²) in [5.74, 6) is 5.17. The summed E-state index contributed by atoms with van der Waals surface area (Å²) in [6.45, 7) is 3.12. The number of aryl methyl sites for hydroxylation is 1. The van der Waals surface area contributed by atoms with Crippen LogP contribution in [-0.4, -0.2) is 39.0 Å². The first-order chi connectivity index (χ1) is 15.4. The van der Waals surface area contributed by atoms with Crippen molar-refractivity contribution in [1.82, 2.24) is 0 Å². The molecule has 1 amide bonds. The Kier molecular flexibility index (Phi) is 6.78. The van der Waals surface area contributed by atoms with E-state index in [1.807, 2.05) is 0 Å². The topological polar surface area (TPSA) is 203 Å². The van der Waals surface area contributed by atoms with Gasteiger partial charge in [0, 0.05) is 11.9 Å². The summed E-state index contributed by atoms with van der Waals surface area (Å²) in [5.41, 5.74) is 0.595. The molecule has 3 rings (SSSR count). The normalized spacial score (nSPS) is 14.3. The van der Waals surface area contributed by atoms with Crippen molar-refractivity contribution in [3.8, 4) is 0 Å². The van der Waals surface area contributed by atoms with Crippen LogP contribution in [0.4, 0.5) is 11.4 Å². The van der Waals surface area contributed by atoms with E-state index in [4.69, 9.17) is 11.6 Å². The van der Waals surface area contributed by atoms with E-state index in [9.17, 15) is 21.6 Å². The summed E-state index contributed by atoms with van der Waals surface area (Å²) >= 11 is 6.08. The zero-order valence-corrected chi connectivity index (χ0v) is 19.7. The third-order valence-corrected chi connectivity index (χ3v) is 7.21. The average Bonchev–Trinajstić information content (AvgIpc) is 3.07. The highest BCUT2D eigenvalue weighted by atomic mass is 35.5. The van der Waals surface area contributed by atoms with Crippen molar-refractivity contribution in [2.75, 3.05) is 5.01 Å². The van der Waals surface area contributed by atoms with Crippen LogP contribution in [0.5, 0.6) is 0 Å². The van der Waals surface area contributed by atoms with Gasteiger partial charge >= 0.3 is 37.6 Å². The maximum Gasteiger partial charge on any atom is 0.502 e. The monoisotopic (exact) mass is 518 g/mol. The number of hydrazine groups is 1. The number of nitrogens with one attached hydrogen (secondary N) is 1. The minimum Gasteiger partial charge on any atom is -0.254 e. The summed E-state index contributed by atoms with van der Waals surface area (Å²) in [6, 6.07) is 7.88. The van der Waals surface area contributed by atoms with Crippen LogP contribution in [0.15, 0.2) is 51.3 Å². The van der Waals surface area contributed by atoms with Crippen LogP contribution in [0, 0.1) is 6.92 Å². The first-order valence-corrected chi connectivity index (χ1v) is 12.1. The second-order valence-electron chi connectivity index (χ2n) is 6.64. The van der Waals surface area contributed by atoms with Gasteiger partial charge in [-0.25, -0.2) is 0 Å². The molecule has 0 atom stereocenters. The molecular formula is C17H19ClN6O7S2+4. The van der Waals surface area contributed by atoms with Crippen LogP contribution in [-0.2, 0) is 33.6 Å². The molecule has 174 valence electrons. The Balaban J connectivity index is 2.07. The molecular weight excluding hydrogens is 500 g/mol. The number of benzene rings is 2. The Morgan fingerprint density at radius 1 is 1.06 bits per heavy atom. The van der Waals surface area contributed by atoms with Gasteiger partial charge in [0.1, 0.15) is 20.6 Å². The third kappa shape index (κ3) is 4.85. The van der Waals surface area contributed by atoms with Crippen molar-refractivity contribution in [2.45, 2.75) is 23.6 Å². The number of anilines is 1.